The fraction of sp³-hybridized carbons (Fsp3) is 0.259. The smallest absolute Gasteiger partial charge is 0.248 e. The first-order chi connectivity index (χ1) is 17.4. The van der Waals surface area contributed by atoms with Gasteiger partial charge in [0.1, 0.15) is 0 Å². The first-order valence-corrected chi connectivity index (χ1v) is 13.1. The molecule has 0 bridgehead atoms. The molecule has 9 heteroatoms. The Morgan fingerprint density at radius 1 is 1.06 bits per heavy atom. The summed E-state index contributed by atoms with van der Waals surface area (Å²) >= 11 is 0. The predicted molar refractivity (Wildman–Crippen MR) is 138 cm³/mol. The molecule has 1 fully saturated rings. The Hall–Kier alpha value is -3.69. The van der Waals surface area contributed by atoms with Crippen LogP contribution in [0, 0.1) is 0 Å². The lowest BCUT2D eigenvalue weighted by Crippen LogP contribution is -2.38. The summed E-state index contributed by atoms with van der Waals surface area (Å²) in [5.41, 5.74) is 2.17. The number of rotatable bonds is 8. The highest BCUT2D eigenvalue weighted by Gasteiger charge is 2.34. The molecule has 2 heterocycles. The van der Waals surface area contributed by atoms with Gasteiger partial charge in [0.15, 0.2) is 11.5 Å². The number of anilines is 1. The number of amides is 1. The molecule has 188 valence electrons. The Bertz CT molecular complexity index is 1330. The van der Waals surface area contributed by atoms with Gasteiger partial charge in [-0.05, 0) is 72.5 Å². The van der Waals surface area contributed by atoms with Gasteiger partial charge in [-0.1, -0.05) is 18.6 Å². The number of benzene rings is 2. The number of nitrogens with zero attached hydrogens (tertiary/aromatic N) is 2. The third-order valence-electron chi connectivity index (χ3n) is 6.09. The molecular formula is C27H29N3O5S. The molecule has 36 heavy (non-hydrogen) atoms. The van der Waals surface area contributed by atoms with Gasteiger partial charge in [0, 0.05) is 30.7 Å². The summed E-state index contributed by atoms with van der Waals surface area (Å²) < 4.78 is 39.0. The number of methoxy groups -OCH3 is 2. The van der Waals surface area contributed by atoms with Crippen LogP contribution in [0.3, 0.4) is 0 Å². The SMILES string of the molecule is COc1ccc(/C=C/C(=O)Nc2ccc(S(=O)(=O)N3CCCC[C@H]3c3cccnc3)cc2)cc1OC. The standard InChI is InChI=1S/C27H29N3O5S/c1-34-25-14-8-20(18-26(25)35-2)9-15-27(31)29-22-10-12-23(13-11-22)36(32,33)30-17-4-3-7-24(30)21-6-5-16-28-19-21/h5-6,8-16,18-19,24H,3-4,7,17H2,1-2H3,(H,29,31)/b15-9+/t24-/m0/s1. The molecule has 0 radical (unpaired) electrons. The van der Waals surface area contributed by atoms with Crippen molar-refractivity contribution in [3.63, 3.8) is 0 Å². The van der Waals surface area contributed by atoms with Crippen LogP contribution in [0.1, 0.15) is 36.4 Å². The van der Waals surface area contributed by atoms with Crippen LogP contribution in [-0.4, -0.2) is 44.4 Å². The average molecular weight is 508 g/mol. The Morgan fingerprint density at radius 3 is 2.53 bits per heavy atom. The van der Waals surface area contributed by atoms with Gasteiger partial charge < -0.3 is 14.8 Å². The summed E-state index contributed by atoms with van der Waals surface area (Å²) in [6, 6.07) is 15.1. The molecule has 0 unspecified atom stereocenters. The summed E-state index contributed by atoms with van der Waals surface area (Å²) in [7, 11) is -0.600. The minimum Gasteiger partial charge on any atom is -0.493 e. The molecule has 0 spiro atoms. The molecule has 3 aromatic rings. The summed E-state index contributed by atoms with van der Waals surface area (Å²) in [4.78, 5) is 16.8. The number of carbonyl (C=O) groups excluding carboxylic acids is 1. The van der Waals surface area contributed by atoms with Crippen LogP contribution in [0.2, 0.25) is 0 Å². The number of sulfonamides is 1. The third-order valence-corrected chi connectivity index (χ3v) is 8.01. The lowest BCUT2D eigenvalue weighted by atomic mass is 9.99. The zero-order chi connectivity index (χ0) is 25.5. The van der Waals surface area contributed by atoms with Gasteiger partial charge in [-0.3, -0.25) is 9.78 Å². The number of pyridine rings is 1. The van der Waals surface area contributed by atoms with E-state index in [2.05, 4.69) is 10.3 Å². The molecule has 1 aliphatic heterocycles. The van der Waals surface area contributed by atoms with Gasteiger partial charge in [-0.25, -0.2) is 8.42 Å². The topological polar surface area (TPSA) is 97.8 Å². The highest BCUT2D eigenvalue weighted by Crippen LogP contribution is 2.35. The molecular weight excluding hydrogens is 478 g/mol. The first kappa shape index (κ1) is 25.4. The van der Waals surface area contributed by atoms with Gasteiger partial charge in [0.2, 0.25) is 15.9 Å². The number of aromatic nitrogens is 1. The van der Waals surface area contributed by atoms with Gasteiger partial charge >= 0.3 is 0 Å². The molecule has 2 aromatic carbocycles. The van der Waals surface area contributed by atoms with Crippen molar-refractivity contribution in [2.24, 2.45) is 0 Å². The lowest BCUT2D eigenvalue weighted by Gasteiger charge is -2.34. The number of hydrogen-bond donors (Lipinski definition) is 1. The minimum absolute atomic E-state index is 0.192. The van der Waals surface area contributed by atoms with Crippen molar-refractivity contribution in [2.75, 3.05) is 26.1 Å². The normalized spacial score (nSPS) is 16.6. The van der Waals surface area contributed by atoms with Crippen LogP contribution in [0.15, 0.2) is 78.0 Å². The first-order valence-electron chi connectivity index (χ1n) is 11.7. The second kappa shape index (κ2) is 11.4. The molecule has 0 saturated carbocycles. The van der Waals surface area contributed by atoms with E-state index in [4.69, 9.17) is 9.47 Å². The highest BCUT2D eigenvalue weighted by atomic mass is 32.2. The van der Waals surface area contributed by atoms with E-state index in [-0.39, 0.29) is 16.8 Å². The molecule has 1 atom stereocenters. The van der Waals surface area contributed by atoms with E-state index in [0.29, 0.717) is 23.7 Å². The van der Waals surface area contributed by atoms with Gasteiger partial charge in [-0.15, -0.1) is 0 Å². The van der Waals surface area contributed by atoms with E-state index in [0.717, 1.165) is 30.4 Å². The Balaban J connectivity index is 1.44. The number of carbonyl (C=O) groups is 1. The number of nitrogens with one attached hydrogen (secondary N) is 1. The zero-order valence-corrected chi connectivity index (χ0v) is 21.1. The van der Waals surface area contributed by atoms with E-state index in [1.54, 1.807) is 61.3 Å². The minimum atomic E-state index is -3.71. The van der Waals surface area contributed by atoms with Crippen molar-refractivity contribution < 1.29 is 22.7 Å². The van der Waals surface area contributed by atoms with Crippen LogP contribution in [-0.2, 0) is 14.8 Å². The maximum absolute atomic E-state index is 13.4. The Morgan fingerprint density at radius 2 is 1.83 bits per heavy atom. The average Bonchev–Trinajstić information content (AvgIpc) is 2.92. The van der Waals surface area contributed by atoms with Crippen molar-refractivity contribution in [3.05, 3.63) is 84.2 Å². The van der Waals surface area contributed by atoms with E-state index in [9.17, 15) is 13.2 Å². The maximum Gasteiger partial charge on any atom is 0.248 e. The molecule has 0 aliphatic carbocycles. The fourth-order valence-electron chi connectivity index (χ4n) is 4.26. The highest BCUT2D eigenvalue weighted by molar-refractivity contribution is 7.89. The van der Waals surface area contributed by atoms with Crippen molar-refractivity contribution >= 4 is 27.7 Å². The van der Waals surface area contributed by atoms with Crippen LogP contribution < -0.4 is 14.8 Å². The summed E-state index contributed by atoms with van der Waals surface area (Å²) in [6.07, 6.45) is 9.01. The maximum atomic E-state index is 13.4. The van der Waals surface area contributed by atoms with E-state index >= 15 is 0 Å². The monoisotopic (exact) mass is 507 g/mol. The Labute approximate surface area is 211 Å². The second-order valence-corrected chi connectivity index (χ2v) is 10.3. The van der Waals surface area contributed by atoms with E-state index in [1.807, 2.05) is 18.2 Å². The van der Waals surface area contributed by atoms with Crippen molar-refractivity contribution in [2.45, 2.75) is 30.2 Å². The summed E-state index contributed by atoms with van der Waals surface area (Å²) in [5.74, 6) is 0.829. The van der Waals surface area contributed by atoms with Gasteiger partial charge in [-0.2, -0.15) is 4.31 Å². The zero-order valence-electron chi connectivity index (χ0n) is 20.3. The molecule has 1 aliphatic rings. The summed E-state index contributed by atoms with van der Waals surface area (Å²) in [6.45, 7) is 0.460. The van der Waals surface area contributed by atoms with Crippen LogP contribution in [0.5, 0.6) is 11.5 Å². The largest absolute Gasteiger partial charge is 0.493 e. The molecule has 1 N–H and O–H groups in total. The molecule has 1 amide bonds. The van der Waals surface area contributed by atoms with Crippen LogP contribution >= 0.6 is 0 Å². The molecule has 1 saturated heterocycles. The molecule has 1 aromatic heterocycles. The Kier molecular flexibility index (Phi) is 8.02. The lowest BCUT2D eigenvalue weighted by molar-refractivity contribution is -0.111. The number of hydrogen-bond acceptors (Lipinski definition) is 6. The van der Waals surface area contributed by atoms with Crippen molar-refractivity contribution in [1.29, 1.82) is 0 Å². The second-order valence-electron chi connectivity index (χ2n) is 8.38. The van der Waals surface area contributed by atoms with Crippen LogP contribution in [0.25, 0.3) is 6.08 Å². The predicted octanol–water partition coefficient (Wildman–Crippen LogP) is 4.67. The van der Waals surface area contributed by atoms with E-state index in [1.165, 1.54) is 18.2 Å². The van der Waals surface area contributed by atoms with Gasteiger partial charge in [0.05, 0.1) is 25.2 Å². The molecule has 4 rings (SSSR count). The van der Waals surface area contributed by atoms with Crippen LogP contribution in [0.4, 0.5) is 5.69 Å². The number of ether oxygens (including phenoxy) is 2. The summed E-state index contributed by atoms with van der Waals surface area (Å²) in [5, 5.41) is 2.76. The number of piperidine rings is 1. The van der Waals surface area contributed by atoms with Crippen molar-refractivity contribution in [1.82, 2.24) is 9.29 Å². The van der Waals surface area contributed by atoms with E-state index < -0.39 is 10.0 Å². The van der Waals surface area contributed by atoms with Crippen molar-refractivity contribution in [3.8, 4) is 11.5 Å². The third kappa shape index (κ3) is 5.75. The van der Waals surface area contributed by atoms with Gasteiger partial charge in [0.25, 0.3) is 0 Å². The quantitative estimate of drug-likeness (QED) is 0.445. The fourth-order valence-corrected chi connectivity index (χ4v) is 5.94. The molecule has 8 nitrogen and oxygen atoms in total.